The van der Waals surface area contributed by atoms with Gasteiger partial charge in [0.1, 0.15) is 5.75 Å². The van der Waals surface area contributed by atoms with Gasteiger partial charge in [-0.3, -0.25) is 15.1 Å². The summed E-state index contributed by atoms with van der Waals surface area (Å²) in [6, 6.07) is 18.3. The number of nitrogens with one attached hydrogen (secondary N) is 1. The van der Waals surface area contributed by atoms with Gasteiger partial charge in [0.25, 0.3) is 5.69 Å². The van der Waals surface area contributed by atoms with Gasteiger partial charge in [0, 0.05) is 48.5 Å². The summed E-state index contributed by atoms with van der Waals surface area (Å²) in [5.41, 5.74) is 6.16. The van der Waals surface area contributed by atoms with Crippen molar-refractivity contribution in [2.45, 2.75) is 46.2 Å². The molecule has 0 bridgehead atoms. The van der Waals surface area contributed by atoms with E-state index in [0.717, 1.165) is 47.1 Å². The van der Waals surface area contributed by atoms with Crippen LogP contribution in [0.25, 0.3) is 5.69 Å². The second-order valence-corrected chi connectivity index (χ2v) is 13.1. The number of hydrogen-bond donors (Lipinski definition) is 1. The molecule has 2 saturated heterocycles. The van der Waals surface area contributed by atoms with Crippen molar-refractivity contribution in [3.63, 3.8) is 0 Å². The predicted octanol–water partition coefficient (Wildman–Crippen LogP) is 7.72. The van der Waals surface area contributed by atoms with Crippen LogP contribution in [0.1, 0.15) is 55.0 Å². The number of hydrogen-bond acceptors (Lipinski definition) is 6. The summed E-state index contributed by atoms with van der Waals surface area (Å²) in [6.45, 7) is 10.5. The Kier molecular flexibility index (Phi) is 8.45. The Morgan fingerprint density at radius 3 is 2.44 bits per heavy atom. The van der Waals surface area contributed by atoms with E-state index in [1.54, 1.807) is 25.4 Å². The molecule has 0 aliphatic carbocycles. The first-order valence-corrected chi connectivity index (χ1v) is 15.9. The zero-order valence-electron chi connectivity index (χ0n) is 26.0. The number of benzene rings is 2. The maximum absolute atomic E-state index is 11.7. The van der Waals surface area contributed by atoms with E-state index in [9.17, 15) is 10.1 Å². The van der Waals surface area contributed by atoms with E-state index in [1.807, 2.05) is 42.7 Å². The van der Waals surface area contributed by atoms with E-state index in [4.69, 9.17) is 33.5 Å². The Morgan fingerprint density at radius 1 is 1.04 bits per heavy atom. The highest BCUT2D eigenvalue weighted by molar-refractivity contribution is 7.80. The Morgan fingerprint density at radius 2 is 1.80 bits per heavy atom. The monoisotopic (exact) mass is 644 g/mol. The van der Waals surface area contributed by atoms with E-state index in [-0.39, 0.29) is 17.8 Å². The lowest BCUT2D eigenvalue weighted by Gasteiger charge is -2.37. The van der Waals surface area contributed by atoms with E-state index < -0.39 is 4.92 Å². The molecule has 2 aliphatic rings. The minimum Gasteiger partial charge on any atom is -0.495 e. The van der Waals surface area contributed by atoms with Gasteiger partial charge >= 0.3 is 0 Å². The maximum Gasteiger partial charge on any atom is 0.271 e. The molecule has 4 heterocycles. The van der Waals surface area contributed by atoms with Gasteiger partial charge in [0.2, 0.25) is 0 Å². The topological polar surface area (TPSA) is 88.7 Å². The smallest absolute Gasteiger partial charge is 0.271 e. The molecule has 2 aromatic heterocycles. The molecule has 6 rings (SSSR count). The van der Waals surface area contributed by atoms with Crippen LogP contribution in [-0.2, 0) is 0 Å². The molecule has 234 valence electrons. The molecule has 4 aromatic rings. The first kappa shape index (κ1) is 30.9. The molecule has 2 aliphatic heterocycles. The number of nitrogens with zero attached hydrogens (tertiary/aromatic N) is 5. The molecule has 0 saturated carbocycles. The van der Waals surface area contributed by atoms with Gasteiger partial charge in [-0.25, -0.2) is 0 Å². The van der Waals surface area contributed by atoms with Crippen LogP contribution in [0.4, 0.5) is 17.1 Å². The lowest BCUT2D eigenvalue weighted by atomic mass is 9.91. The average molecular weight is 645 g/mol. The SMILES string of the molecule is COc1ccc([N+](=O)[O-])cc1-n1c(C)cc([C@H]2[C@@H](c3ccccn3)NC(=S)N2c2ccc(N3C[C@H](C)C[C@H](C)C3)c(Cl)c2)c1C. The summed E-state index contributed by atoms with van der Waals surface area (Å²) >= 11 is 13.0. The number of piperidine rings is 1. The highest BCUT2D eigenvalue weighted by atomic mass is 35.5. The van der Waals surface area contributed by atoms with Crippen molar-refractivity contribution in [2.24, 2.45) is 11.8 Å². The van der Waals surface area contributed by atoms with Gasteiger partial charge in [-0.05, 0) is 92.4 Å². The number of halogens is 1. The number of rotatable bonds is 7. The average Bonchev–Trinajstić information content (AvgIpc) is 3.50. The van der Waals surface area contributed by atoms with E-state index in [0.29, 0.717) is 33.4 Å². The second-order valence-electron chi connectivity index (χ2n) is 12.3. The van der Waals surface area contributed by atoms with E-state index in [1.165, 1.54) is 12.5 Å². The fraction of sp³-hybridized carbons (Fsp3) is 0.353. The van der Waals surface area contributed by atoms with Crippen molar-refractivity contribution in [3.05, 3.63) is 105 Å². The first-order valence-electron chi connectivity index (χ1n) is 15.1. The number of aryl methyl sites for hydroxylation is 1. The van der Waals surface area contributed by atoms with Crippen molar-refractivity contribution in [1.82, 2.24) is 14.9 Å². The quantitative estimate of drug-likeness (QED) is 0.124. The van der Waals surface area contributed by atoms with Crippen LogP contribution in [0, 0.1) is 35.8 Å². The molecule has 9 nitrogen and oxygen atoms in total. The Bertz CT molecular complexity index is 1750. The van der Waals surface area contributed by atoms with Gasteiger partial charge in [-0.15, -0.1) is 0 Å². The number of thiocarbonyl (C=S) groups is 1. The zero-order valence-corrected chi connectivity index (χ0v) is 27.6. The maximum atomic E-state index is 11.7. The minimum atomic E-state index is -0.394. The fourth-order valence-corrected chi connectivity index (χ4v) is 7.78. The first-order chi connectivity index (χ1) is 21.6. The van der Waals surface area contributed by atoms with Crippen LogP contribution in [0.2, 0.25) is 5.02 Å². The number of methoxy groups -OCH3 is 1. The molecular formula is C34H37ClN6O3S. The van der Waals surface area contributed by atoms with E-state index >= 15 is 0 Å². The van der Waals surface area contributed by atoms with Crippen LogP contribution in [0.5, 0.6) is 5.75 Å². The normalized spacial score (nSPS) is 21.6. The number of non-ortho nitro benzene ring substituents is 1. The largest absolute Gasteiger partial charge is 0.495 e. The fourth-order valence-electron chi connectivity index (χ4n) is 7.14. The molecule has 2 aromatic carbocycles. The Balaban J connectivity index is 1.47. The summed E-state index contributed by atoms with van der Waals surface area (Å²) < 4.78 is 7.65. The van der Waals surface area contributed by atoms with Crippen molar-refractivity contribution in [2.75, 3.05) is 30.0 Å². The summed E-state index contributed by atoms with van der Waals surface area (Å²) in [7, 11) is 1.57. The van der Waals surface area contributed by atoms with Gasteiger partial charge in [-0.1, -0.05) is 31.5 Å². The van der Waals surface area contributed by atoms with E-state index in [2.05, 4.69) is 47.2 Å². The van der Waals surface area contributed by atoms with Crippen LogP contribution >= 0.6 is 23.8 Å². The molecule has 0 amide bonds. The second kappa shape index (κ2) is 12.3. The standard InChI is InChI=1S/C34H37ClN6O3S/c1-20-14-21(2)19-38(18-20)29-11-9-24(16-27(29)35)40-33(32(37-34(40)45)28-8-6-7-13-36-28)26-15-22(3)39(23(26)4)30-17-25(41(42)43)10-12-31(30)44-5/h6-13,15-17,20-21,32-33H,14,18-19H2,1-5H3,(H,37,45)/t20-,21+,32-,33+/m1/s1. The van der Waals surface area contributed by atoms with Gasteiger partial charge in [-0.2, -0.15) is 0 Å². The van der Waals surface area contributed by atoms with Crippen LogP contribution < -0.4 is 19.9 Å². The molecular weight excluding hydrogens is 608 g/mol. The Labute approximate surface area is 273 Å². The number of nitro groups is 1. The molecule has 11 heteroatoms. The summed E-state index contributed by atoms with van der Waals surface area (Å²) in [5, 5.41) is 16.5. The minimum absolute atomic E-state index is 0.0104. The molecule has 0 unspecified atom stereocenters. The lowest BCUT2D eigenvalue weighted by Crippen LogP contribution is -2.38. The highest BCUT2D eigenvalue weighted by Gasteiger charge is 2.42. The number of anilines is 2. The number of pyridine rings is 1. The molecule has 1 N–H and O–H groups in total. The summed E-state index contributed by atoms with van der Waals surface area (Å²) in [4.78, 5) is 20.5. The molecule has 0 spiro atoms. The molecule has 45 heavy (non-hydrogen) atoms. The number of nitro benzene ring substituents is 1. The zero-order chi connectivity index (χ0) is 32.0. The number of aromatic nitrogens is 2. The summed E-state index contributed by atoms with van der Waals surface area (Å²) in [5.74, 6) is 1.74. The third-order valence-corrected chi connectivity index (χ3v) is 9.54. The van der Waals surface area contributed by atoms with Crippen molar-refractivity contribution in [3.8, 4) is 11.4 Å². The predicted molar refractivity (Wildman–Crippen MR) is 183 cm³/mol. The lowest BCUT2D eigenvalue weighted by molar-refractivity contribution is -0.384. The van der Waals surface area contributed by atoms with Crippen molar-refractivity contribution < 1.29 is 9.66 Å². The highest BCUT2D eigenvalue weighted by Crippen LogP contribution is 2.46. The van der Waals surface area contributed by atoms with Crippen LogP contribution in [0.3, 0.4) is 0 Å². The molecule has 2 fully saturated rings. The molecule has 0 radical (unpaired) electrons. The van der Waals surface area contributed by atoms with Crippen molar-refractivity contribution >= 4 is 46.0 Å². The number of ether oxygens (including phenoxy) is 1. The van der Waals surface area contributed by atoms with Gasteiger partial charge in [0.05, 0.1) is 46.2 Å². The van der Waals surface area contributed by atoms with Crippen molar-refractivity contribution in [1.29, 1.82) is 0 Å². The third-order valence-electron chi connectivity index (χ3n) is 8.92. The molecule has 4 atom stereocenters. The Hall–Kier alpha value is -4.15. The van der Waals surface area contributed by atoms with Crippen LogP contribution in [-0.4, -0.2) is 39.8 Å². The van der Waals surface area contributed by atoms with Gasteiger partial charge < -0.3 is 24.4 Å². The third kappa shape index (κ3) is 5.73. The summed E-state index contributed by atoms with van der Waals surface area (Å²) in [6.07, 6.45) is 3.00. The van der Waals surface area contributed by atoms with Crippen LogP contribution in [0.15, 0.2) is 66.9 Å². The van der Waals surface area contributed by atoms with Gasteiger partial charge in [0.15, 0.2) is 5.11 Å².